The number of carbonyl (C=O) groups excluding carboxylic acids is 1. The van der Waals surface area contributed by atoms with E-state index in [1.165, 1.54) is 12.1 Å². The van der Waals surface area contributed by atoms with Crippen LogP contribution in [0.4, 0.5) is 4.39 Å². The maximum absolute atomic E-state index is 12.7. The Bertz CT molecular complexity index is 649. The Balaban J connectivity index is 1.52. The largest absolute Gasteiger partial charge is 0.494 e. The summed E-state index contributed by atoms with van der Waals surface area (Å²) in [6.07, 6.45) is 1.57. The zero-order valence-corrected chi connectivity index (χ0v) is 13.9. The van der Waals surface area contributed by atoms with E-state index in [1.54, 1.807) is 36.4 Å². The van der Waals surface area contributed by atoms with E-state index >= 15 is 0 Å². The molecule has 0 aliphatic carbocycles. The molecule has 0 aromatic heterocycles. The fraction of sp³-hybridized carbons (Fsp3) is 0.278. The first-order valence-electron chi connectivity index (χ1n) is 7.67. The van der Waals surface area contributed by atoms with E-state index in [9.17, 15) is 9.18 Å². The third-order valence-corrected chi connectivity index (χ3v) is 3.38. The second-order valence-electron chi connectivity index (χ2n) is 5.11. The predicted octanol–water partition coefficient (Wildman–Crippen LogP) is 3.83. The predicted molar refractivity (Wildman–Crippen MR) is 91.1 cm³/mol. The minimum atomic E-state index is -0.287. The van der Waals surface area contributed by atoms with Gasteiger partial charge in [-0.15, -0.1) is 0 Å². The lowest BCUT2D eigenvalue weighted by Crippen LogP contribution is -2.29. The molecule has 1 amide bonds. The number of hydrogen-bond donors (Lipinski definition) is 1. The van der Waals surface area contributed by atoms with Crippen molar-refractivity contribution in [3.63, 3.8) is 0 Å². The molecule has 128 valence electrons. The molecule has 0 bridgehead atoms. The van der Waals surface area contributed by atoms with E-state index < -0.39 is 0 Å². The van der Waals surface area contributed by atoms with Crippen molar-refractivity contribution in [3.05, 3.63) is 59.4 Å². The Morgan fingerprint density at radius 3 is 2.58 bits per heavy atom. The number of hydrogen-bond acceptors (Lipinski definition) is 3. The smallest absolute Gasteiger partial charge is 0.257 e. The fourth-order valence-corrected chi connectivity index (χ4v) is 2.11. The lowest BCUT2D eigenvalue weighted by atomic mass is 10.3. The summed E-state index contributed by atoms with van der Waals surface area (Å²) in [5.41, 5.74) is 0. The highest BCUT2D eigenvalue weighted by atomic mass is 35.5. The second-order valence-corrected chi connectivity index (χ2v) is 5.54. The first kappa shape index (κ1) is 18.1. The summed E-state index contributed by atoms with van der Waals surface area (Å²) in [4.78, 5) is 11.7. The van der Waals surface area contributed by atoms with Gasteiger partial charge < -0.3 is 14.8 Å². The Morgan fingerprint density at radius 1 is 1.04 bits per heavy atom. The molecule has 24 heavy (non-hydrogen) atoms. The van der Waals surface area contributed by atoms with Gasteiger partial charge in [-0.1, -0.05) is 17.7 Å². The Morgan fingerprint density at radius 2 is 1.83 bits per heavy atom. The molecule has 0 atom stereocenters. The molecule has 2 aromatic carbocycles. The van der Waals surface area contributed by atoms with Gasteiger partial charge in [0.05, 0.1) is 6.61 Å². The van der Waals surface area contributed by atoms with Crippen molar-refractivity contribution in [2.75, 3.05) is 19.8 Å². The van der Waals surface area contributed by atoms with Crippen LogP contribution in [0.5, 0.6) is 11.5 Å². The summed E-state index contributed by atoms with van der Waals surface area (Å²) in [5.74, 6) is 0.722. The molecule has 1 N–H and O–H groups in total. The Kier molecular flexibility index (Phi) is 7.36. The van der Waals surface area contributed by atoms with Gasteiger partial charge in [0, 0.05) is 11.6 Å². The van der Waals surface area contributed by atoms with Gasteiger partial charge in [-0.3, -0.25) is 4.79 Å². The standard InChI is InChI=1S/C18H19ClFNO3/c19-14-4-3-5-17(12-14)24-13-18(22)21-10-1-2-11-23-16-8-6-15(20)7-9-16/h3-9,12H,1-2,10-11,13H2,(H,21,22). The molecule has 6 heteroatoms. The molecule has 0 unspecified atom stereocenters. The van der Waals surface area contributed by atoms with Crippen LogP contribution in [0, 0.1) is 5.82 Å². The highest BCUT2D eigenvalue weighted by Crippen LogP contribution is 2.16. The van der Waals surface area contributed by atoms with Crippen molar-refractivity contribution in [2.45, 2.75) is 12.8 Å². The lowest BCUT2D eigenvalue weighted by Gasteiger charge is -2.08. The maximum Gasteiger partial charge on any atom is 0.257 e. The Labute approximate surface area is 145 Å². The molecule has 0 fully saturated rings. The molecule has 0 radical (unpaired) electrons. The number of nitrogens with one attached hydrogen (secondary N) is 1. The van der Waals surface area contributed by atoms with Gasteiger partial charge in [0.25, 0.3) is 5.91 Å². The van der Waals surface area contributed by atoms with E-state index in [2.05, 4.69) is 5.32 Å². The number of unbranched alkanes of at least 4 members (excludes halogenated alkanes) is 1. The zero-order valence-electron chi connectivity index (χ0n) is 13.1. The molecule has 0 heterocycles. The van der Waals surface area contributed by atoms with Crippen molar-refractivity contribution in [2.24, 2.45) is 0 Å². The van der Waals surface area contributed by atoms with Crippen LogP contribution in [0.15, 0.2) is 48.5 Å². The van der Waals surface area contributed by atoms with Crippen molar-refractivity contribution in [1.82, 2.24) is 5.32 Å². The van der Waals surface area contributed by atoms with Crippen molar-refractivity contribution in [1.29, 1.82) is 0 Å². The number of amides is 1. The molecule has 4 nitrogen and oxygen atoms in total. The summed E-state index contributed by atoms with van der Waals surface area (Å²) in [6, 6.07) is 12.8. The molecular formula is C18H19ClFNO3. The number of halogens is 2. The van der Waals surface area contributed by atoms with Gasteiger partial charge >= 0.3 is 0 Å². The van der Waals surface area contributed by atoms with E-state index in [-0.39, 0.29) is 18.3 Å². The van der Waals surface area contributed by atoms with Crippen LogP contribution in [-0.2, 0) is 4.79 Å². The Hall–Kier alpha value is -2.27. The van der Waals surface area contributed by atoms with Crippen LogP contribution in [0.2, 0.25) is 5.02 Å². The average Bonchev–Trinajstić information content (AvgIpc) is 2.58. The normalized spacial score (nSPS) is 10.2. The van der Waals surface area contributed by atoms with Crippen LogP contribution >= 0.6 is 11.6 Å². The van der Waals surface area contributed by atoms with Crippen molar-refractivity contribution >= 4 is 17.5 Å². The van der Waals surface area contributed by atoms with E-state index in [0.717, 1.165) is 12.8 Å². The monoisotopic (exact) mass is 351 g/mol. The van der Waals surface area contributed by atoms with Crippen molar-refractivity contribution in [3.8, 4) is 11.5 Å². The zero-order chi connectivity index (χ0) is 17.2. The molecule has 2 rings (SSSR count). The lowest BCUT2D eigenvalue weighted by molar-refractivity contribution is -0.123. The highest BCUT2D eigenvalue weighted by Gasteiger charge is 2.02. The summed E-state index contributed by atoms with van der Waals surface area (Å²) in [6.45, 7) is 1.01. The van der Waals surface area contributed by atoms with E-state index in [4.69, 9.17) is 21.1 Å². The minimum absolute atomic E-state index is 0.0492. The molecule has 0 aliphatic heterocycles. The van der Waals surface area contributed by atoms with Crippen LogP contribution in [0.3, 0.4) is 0 Å². The van der Waals surface area contributed by atoms with Crippen LogP contribution in [-0.4, -0.2) is 25.7 Å². The van der Waals surface area contributed by atoms with Crippen molar-refractivity contribution < 1.29 is 18.7 Å². The molecule has 0 aliphatic rings. The average molecular weight is 352 g/mol. The van der Waals surface area contributed by atoms with Gasteiger partial charge in [-0.05, 0) is 55.3 Å². The molecule has 0 saturated carbocycles. The van der Waals surface area contributed by atoms with Gasteiger partial charge in [0.1, 0.15) is 17.3 Å². The maximum atomic E-state index is 12.7. The summed E-state index contributed by atoms with van der Waals surface area (Å²) in [7, 11) is 0. The van der Waals surface area contributed by atoms with Gasteiger partial charge in [-0.25, -0.2) is 4.39 Å². The third-order valence-electron chi connectivity index (χ3n) is 3.14. The second kappa shape index (κ2) is 9.78. The number of rotatable bonds is 9. The summed E-state index contributed by atoms with van der Waals surface area (Å²) >= 11 is 5.83. The van der Waals surface area contributed by atoms with E-state index in [1.807, 2.05) is 0 Å². The summed E-state index contributed by atoms with van der Waals surface area (Å²) in [5, 5.41) is 3.34. The first-order chi connectivity index (χ1) is 11.6. The van der Waals surface area contributed by atoms with Gasteiger partial charge in [-0.2, -0.15) is 0 Å². The topological polar surface area (TPSA) is 47.6 Å². The van der Waals surface area contributed by atoms with Gasteiger partial charge in [0.15, 0.2) is 6.61 Å². The molecule has 2 aromatic rings. The van der Waals surface area contributed by atoms with Crippen LogP contribution in [0.25, 0.3) is 0 Å². The molecule has 0 saturated heterocycles. The van der Waals surface area contributed by atoms with Crippen LogP contribution < -0.4 is 14.8 Å². The summed E-state index contributed by atoms with van der Waals surface area (Å²) < 4.78 is 23.5. The SMILES string of the molecule is O=C(COc1cccc(Cl)c1)NCCCCOc1ccc(F)cc1. The number of carbonyl (C=O) groups is 1. The minimum Gasteiger partial charge on any atom is -0.494 e. The number of ether oxygens (including phenoxy) is 2. The van der Waals surface area contributed by atoms with E-state index in [0.29, 0.717) is 29.7 Å². The van der Waals surface area contributed by atoms with Gasteiger partial charge in [0.2, 0.25) is 0 Å². The highest BCUT2D eigenvalue weighted by molar-refractivity contribution is 6.30. The number of benzene rings is 2. The molecular weight excluding hydrogens is 333 g/mol. The quantitative estimate of drug-likeness (QED) is 0.698. The first-order valence-corrected chi connectivity index (χ1v) is 8.05. The fourth-order valence-electron chi connectivity index (χ4n) is 1.93. The third kappa shape index (κ3) is 6.87. The molecule has 0 spiro atoms. The van der Waals surface area contributed by atoms with Crippen LogP contribution in [0.1, 0.15) is 12.8 Å².